The number of rotatable bonds is 5. The molecule has 2 rings (SSSR count). The molecule has 2 heterocycles. The third-order valence-corrected chi connectivity index (χ3v) is 3.39. The van der Waals surface area contributed by atoms with Gasteiger partial charge in [0.05, 0.1) is 0 Å². The van der Waals surface area contributed by atoms with Crippen LogP contribution in [0.1, 0.15) is 12.6 Å². The van der Waals surface area contributed by atoms with Crippen LogP contribution in [0.4, 0.5) is 11.8 Å². The van der Waals surface area contributed by atoms with Crippen molar-refractivity contribution in [2.24, 2.45) is 0 Å². The molecule has 0 aliphatic carbocycles. The first kappa shape index (κ1) is 13.8. The summed E-state index contributed by atoms with van der Waals surface area (Å²) in [6.07, 6.45) is 1.81. The fraction of sp³-hybridized carbons (Fsp3) is 0.571. The fourth-order valence-corrected chi connectivity index (χ4v) is 2.25. The van der Waals surface area contributed by atoms with Gasteiger partial charge in [0.25, 0.3) is 0 Å². The summed E-state index contributed by atoms with van der Waals surface area (Å²) in [6.45, 7) is 14.0. The SMILES string of the molecule is C=CCNc1nc(C)cc(N2CCN(CC)CC2)n1. The summed E-state index contributed by atoms with van der Waals surface area (Å²) in [7, 11) is 0. The largest absolute Gasteiger partial charge is 0.354 e. The molecule has 19 heavy (non-hydrogen) atoms. The summed E-state index contributed by atoms with van der Waals surface area (Å²) in [5.41, 5.74) is 0.995. The summed E-state index contributed by atoms with van der Waals surface area (Å²) in [5.74, 6) is 1.71. The van der Waals surface area contributed by atoms with Crippen LogP contribution in [0, 0.1) is 6.92 Å². The zero-order chi connectivity index (χ0) is 13.7. The third-order valence-electron chi connectivity index (χ3n) is 3.39. The van der Waals surface area contributed by atoms with E-state index < -0.39 is 0 Å². The molecular formula is C14H23N5. The summed E-state index contributed by atoms with van der Waals surface area (Å²) in [4.78, 5) is 13.8. The van der Waals surface area contributed by atoms with E-state index in [4.69, 9.17) is 0 Å². The molecule has 0 saturated carbocycles. The fourth-order valence-electron chi connectivity index (χ4n) is 2.25. The van der Waals surface area contributed by atoms with Crippen molar-refractivity contribution in [2.45, 2.75) is 13.8 Å². The highest BCUT2D eigenvalue weighted by atomic mass is 15.3. The van der Waals surface area contributed by atoms with Crippen LogP contribution in [0.25, 0.3) is 0 Å². The van der Waals surface area contributed by atoms with E-state index in [-0.39, 0.29) is 0 Å². The molecule has 0 unspecified atom stereocenters. The first-order chi connectivity index (χ1) is 9.22. The first-order valence-corrected chi connectivity index (χ1v) is 6.90. The number of nitrogens with zero attached hydrogens (tertiary/aromatic N) is 4. The second kappa shape index (κ2) is 6.52. The second-order valence-corrected chi connectivity index (χ2v) is 4.78. The van der Waals surface area contributed by atoms with E-state index in [1.54, 1.807) is 0 Å². The van der Waals surface area contributed by atoms with Gasteiger partial charge in [-0.05, 0) is 13.5 Å². The Morgan fingerprint density at radius 1 is 1.32 bits per heavy atom. The lowest BCUT2D eigenvalue weighted by Crippen LogP contribution is -2.46. The van der Waals surface area contributed by atoms with Gasteiger partial charge in [0.15, 0.2) is 0 Å². The van der Waals surface area contributed by atoms with E-state index in [1.807, 2.05) is 13.0 Å². The molecule has 1 fully saturated rings. The maximum Gasteiger partial charge on any atom is 0.225 e. The topological polar surface area (TPSA) is 44.3 Å². The molecule has 0 atom stereocenters. The highest BCUT2D eigenvalue weighted by Crippen LogP contribution is 2.16. The van der Waals surface area contributed by atoms with Crippen LogP contribution in [-0.4, -0.2) is 54.1 Å². The molecule has 0 radical (unpaired) electrons. The van der Waals surface area contributed by atoms with Crippen molar-refractivity contribution < 1.29 is 0 Å². The standard InChI is InChI=1S/C14H23N5/c1-4-6-15-14-16-12(3)11-13(17-14)19-9-7-18(5-2)8-10-19/h4,11H,1,5-10H2,2-3H3,(H,15,16,17). The molecule has 1 aliphatic rings. The van der Waals surface area contributed by atoms with Crippen molar-refractivity contribution in [3.8, 4) is 0 Å². The van der Waals surface area contributed by atoms with Crippen LogP contribution < -0.4 is 10.2 Å². The maximum atomic E-state index is 4.58. The van der Waals surface area contributed by atoms with Gasteiger partial charge in [-0.3, -0.25) is 0 Å². The summed E-state index contributed by atoms with van der Waals surface area (Å²) in [5, 5.41) is 3.16. The van der Waals surface area contributed by atoms with Gasteiger partial charge in [0.1, 0.15) is 5.82 Å². The van der Waals surface area contributed by atoms with Gasteiger partial charge in [-0.15, -0.1) is 6.58 Å². The summed E-state index contributed by atoms with van der Waals surface area (Å²) in [6, 6.07) is 2.06. The number of hydrogen-bond donors (Lipinski definition) is 1. The van der Waals surface area contributed by atoms with Crippen LogP contribution in [0.15, 0.2) is 18.7 Å². The third kappa shape index (κ3) is 3.67. The highest BCUT2D eigenvalue weighted by molar-refractivity contribution is 5.45. The van der Waals surface area contributed by atoms with E-state index in [2.05, 4.69) is 44.7 Å². The number of nitrogens with one attached hydrogen (secondary N) is 1. The average Bonchev–Trinajstić information content (AvgIpc) is 2.44. The number of likely N-dealkylation sites (N-methyl/N-ethyl adjacent to an activating group) is 1. The monoisotopic (exact) mass is 261 g/mol. The quantitative estimate of drug-likeness (QED) is 0.814. The molecule has 0 aromatic carbocycles. The Kier molecular flexibility index (Phi) is 4.74. The van der Waals surface area contributed by atoms with Crippen molar-refractivity contribution >= 4 is 11.8 Å². The second-order valence-electron chi connectivity index (χ2n) is 4.78. The van der Waals surface area contributed by atoms with Crippen LogP contribution in [0.3, 0.4) is 0 Å². The maximum absolute atomic E-state index is 4.58. The molecule has 1 aromatic rings. The molecule has 1 aromatic heterocycles. The molecule has 0 amide bonds. The number of aryl methyl sites for hydroxylation is 1. The van der Waals surface area contributed by atoms with Crippen LogP contribution in [0.2, 0.25) is 0 Å². The van der Waals surface area contributed by atoms with Gasteiger partial charge in [-0.25, -0.2) is 4.98 Å². The molecule has 1 N–H and O–H groups in total. The highest BCUT2D eigenvalue weighted by Gasteiger charge is 2.17. The molecule has 5 nitrogen and oxygen atoms in total. The number of aromatic nitrogens is 2. The van der Waals surface area contributed by atoms with Gasteiger partial charge in [-0.2, -0.15) is 4.98 Å². The van der Waals surface area contributed by atoms with Crippen LogP contribution in [0.5, 0.6) is 0 Å². The Morgan fingerprint density at radius 2 is 2.05 bits per heavy atom. The van der Waals surface area contributed by atoms with Gasteiger partial charge in [-0.1, -0.05) is 13.0 Å². The Morgan fingerprint density at radius 3 is 2.68 bits per heavy atom. The Bertz CT molecular complexity index is 424. The van der Waals surface area contributed by atoms with Crippen molar-refractivity contribution in [1.29, 1.82) is 0 Å². The van der Waals surface area contributed by atoms with Crippen molar-refractivity contribution in [3.63, 3.8) is 0 Å². The summed E-state index contributed by atoms with van der Waals surface area (Å²) >= 11 is 0. The molecule has 5 heteroatoms. The number of piperazine rings is 1. The van der Waals surface area contributed by atoms with E-state index in [0.29, 0.717) is 12.5 Å². The Balaban J connectivity index is 2.07. The summed E-state index contributed by atoms with van der Waals surface area (Å²) < 4.78 is 0. The lowest BCUT2D eigenvalue weighted by Gasteiger charge is -2.34. The predicted molar refractivity (Wildman–Crippen MR) is 79.8 cm³/mol. The molecule has 1 aliphatic heterocycles. The average molecular weight is 261 g/mol. The van der Waals surface area contributed by atoms with Crippen LogP contribution >= 0.6 is 0 Å². The lowest BCUT2D eigenvalue weighted by atomic mass is 10.3. The molecule has 104 valence electrons. The van der Waals surface area contributed by atoms with E-state index in [0.717, 1.165) is 44.2 Å². The van der Waals surface area contributed by atoms with Crippen molar-refractivity contribution in [1.82, 2.24) is 14.9 Å². The van der Waals surface area contributed by atoms with Gasteiger partial charge in [0, 0.05) is 44.5 Å². The normalized spacial score (nSPS) is 16.4. The minimum atomic E-state index is 0.687. The molecular weight excluding hydrogens is 238 g/mol. The zero-order valence-corrected chi connectivity index (χ0v) is 11.9. The molecule has 0 bridgehead atoms. The number of hydrogen-bond acceptors (Lipinski definition) is 5. The Hall–Kier alpha value is -1.62. The predicted octanol–water partition coefficient (Wildman–Crippen LogP) is 1.52. The van der Waals surface area contributed by atoms with Gasteiger partial charge < -0.3 is 15.1 Å². The van der Waals surface area contributed by atoms with Crippen LogP contribution in [-0.2, 0) is 0 Å². The smallest absolute Gasteiger partial charge is 0.225 e. The zero-order valence-electron chi connectivity index (χ0n) is 11.9. The number of anilines is 2. The van der Waals surface area contributed by atoms with Crippen molar-refractivity contribution in [3.05, 3.63) is 24.4 Å². The molecule has 0 spiro atoms. The van der Waals surface area contributed by atoms with E-state index in [1.165, 1.54) is 0 Å². The van der Waals surface area contributed by atoms with E-state index in [9.17, 15) is 0 Å². The minimum absolute atomic E-state index is 0.687. The lowest BCUT2D eigenvalue weighted by molar-refractivity contribution is 0.270. The van der Waals surface area contributed by atoms with Crippen molar-refractivity contribution in [2.75, 3.05) is 49.5 Å². The first-order valence-electron chi connectivity index (χ1n) is 6.90. The van der Waals surface area contributed by atoms with Gasteiger partial charge in [0.2, 0.25) is 5.95 Å². The molecule has 1 saturated heterocycles. The van der Waals surface area contributed by atoms with E-state index >= 15 is 0 Å². The van der Waals surface area contributed by atoms with Gasteiger partial charge >= 0.3 is 0 Å². The Labute approximate surface area is 115 Å². The minimum Gasteiger partial charge on any atom is -0.354 e.